The second kappa shape index (κ2) is 5.91. The fourth-order valence-electron chi connectivity index (χ4n) is 2.55. The van der Waals surface area contributed by atoms with Crippen LogP contribution in [-0.4, -0.2) is 5.91 Å². The highest BCUT2D eigenvalue weighted by molar-refractivity contribution is 5.95. The Kier molecular flexibility index (Phi) is 3.82. The van der Waals surface area contributed by atoms with Gasteiger partial charge in [-0.15, -0.1) is 0 Å². The van der Waals surface area contributed by atoms with Crippen molar-refractivity contribution in [2.24, 2.45) is 5.92 Å². The topological polar surface area (TPSA) is 20.3 Å². The van der Waals surface area contributed by atoms with Crippen molar-refractivity contribution in [1.29, 1.82) is 0 Å². The maximum absolute atomic E-state index is 12.7. The fourth-order valence-corrected chi connectivity index (χ4v) is 2.55. The number of benzene rings is 2. The van der Waals surface area contributed by atoms with E-state index in [2.05, 4.69) is 12.1 Å². The third-order valence-corrected chi connectivity index (χ3v) is 3.97. The SMILES string of the molecule is O=C(C1CCC1)N(Cc1ccccc1)c1ccccc1. The average Bonchev–Trinajstić information content (AvgIpc) is 2.45. The average molecular weight is 265 g/mol. The van der Waals surface area contributed by atoms with Crippen LogP contribution in [0.5, 0.6) is 0 Å². The first-order valence-electron chi connectivity index (χ1n) is 7.25. The van der Waals surface area contributed by atoms with Gasteiger partial charge in [0, 0.05) is 11.6 Å². The maximum atomic E-state index is 12.7. The van der Waals surface area contributed by atoms with Gasteiger partial charge >= 0.3 is 0 Å². The molecule has 2 nitrogen and oxygen atoms in total. The predicted octanol–water partition coefficient (Wildman–Crippen LogP) is 4.02. The van der Waals surface area contributed by atoms with E-state index in [4.69, 9.17) is 0 Å². The Labute approximate surface area is 120 Å². The number of hydrogen-bond donors (Lipinski definition) is 0. The van der Waals surface area contributed by atoms with E-state index in [0.29, 0.717) is 6.54 Å². The molecule has 0 atom stereocenters. The number of carbonyl (C=O) groups excluding carboxylic acids is 1. The molecule has 2 heteroatoms. The summed E-state index contributed by atoms with van der Waals surface area (Å²) in [6, 6.07) is 20.2. The van der Waals surface area contributed by atoms with Crippen molar-refractivity contribution >= 4 is 11.6 Å². The third-order valence-electron chi connectivity index (χ3n) is 3.97. The molecule has 0 bridgehead atoms. The highest BCUT2D eigenvalue weighted by Gasteiger charge is 2.30. The second-order valence-corrected chi connectivity index (χ2v) is 5.37. The van der Waals surface area contributed by atoms with Gasteiger partial charge in [0.05, 0.1) is 6.54 Å². The summed E-state index contributed by atoms with van der Waals surface area (Å²) in [7, 11) is 0. The molecule has 2 aromatic rings. The number of amides is 1. The molecule has 0 unspecified atom stereocenters. The molecule has 3 rings (SSSR count). The minimum absolute atomic E-state index is 0.221. The lowest BCUT2D eigenvalue weighted by atomic mass is 9.84. The number of carbonyl (C=O) groups is 1. The van der Waals surface area contributed by atoms with Gasteiger partial charge in [-0.2, -0.15) is 0 Å². The van der Waals surface area contributed by atoms with E-state index in [1.54, 1.807) is 0 Å². The van der Waals surface area contributed by atoms with Crippen LogP contribution in [0.15, 0.2) is 60.7 Å². The number of nitrogens with zero attached hydrogens (tertiary/aromatic N) is 1. The van der Waals surface area contributed by atoms with Crippen LogP contribution >= 0.6 is 0 Å². The van der Waals surface area contributed by atoms with Crippen molar-refractivity contribution in [3.63, 3.8) is 0 Å². The van der Waals surface area contributed by atoms with Crippen molar-refractivity contribution in [3.05, 3.63) is 66.2 Å². The summed E-state index contributed by atoms with van der Waals surface area (Å²) in [5, 5.41) is 0. The third kappa shape index (κ3) is 2.74. The summed E-state index contributed by atoms with van der Waals surface area (Å²) in [4.78, 5) is 14.6. The first kappa shape index (κ1) is 12.9. The summed E-state index contributed by atoms with van der Waals surface area (Å²) in [6.45, 7) is 0.653. The van der Waals surface area contributed by atoms with Crippen LogP contribution < -0.4 is 4.90 Å². The Hall–Kier alpha value is -2.09. The van der Waals surface area contributed by atoms with Gasteiger partial charge in [-0.1, -0.05) is 55.0 Å². The van der Waals surface area contributed by atoms with Gasteiger partial charge in [0.15, 0.2) is 0 Å². The van der Waals surface area contributed by atoms with Crippen LogP contribution in [0.25, 0.3) is 0 Å². The summed E-state index contributed by atoms with van der Waals surface area (Å²) >= 11 is 0. The van der Waals surface area contributed by atoms with E-state index in [9.17, 15) is 4.79 Å². The number of hydrogen-bond acceptors (Lipinski definition) is 1. The van der Waals surface area contributed by atoms with E-state index in [1.807, 2.05) is 53.4 Å². The molecule has 0 heterocycles. The van der Waals surface area contributed by atoms with Gasteiger partial charge in [-0.05, 0) is 30.5 Å². The van der Waals surface area contributed by atoms with Crippen LogP contribution in [-0.2, 0) is 11.3 Å². The minimum atomic E-state index is 0.221. The lowest BCUT2D eigenvalue weighted by molar-refractivity contribution is -0.124. The van der Waals surface area contributed by atoms with E-state index >= 15 is 0 Å². The monoisotopic (exact) mass is 265 g/mol. The maximum Gasteiger partial charge on any atom is 0.230 e. The Morgan fingerprint density at radius 1 is 0.950 bits per heavy atom. The smallest absolute Gasteiger partial charge is 0.230 e. The molecule has 0 aliphatic heterocycles. The fraction of sp³-hybridized carbons (Fsp3) is 0.278. The Bertz CT molecular complexity index is 560. The Morgan fingerprint density at radius 2 is 1.55 bits per heavy atom. The summed E-state index contributed by atoms with van der Waals surface area (Å²) in [6.07, 6.45) is 3.26. The molecule has 0 N–H and O–H groups in total. The van der Waals surface area contributed by atoms with Crippen molar-refractivity contribution < 1.29 is 4.79 Å². The van der Waals surface area contributed by atoms with E-state index in [1.165, 1.54) is 12.0 Å². The molecule has 20 heavy (non-hydrogen) atoms. The van der Waals surface area contributed by atoms with Gasteiger partial charge in [-0.25, -0.2) is 0 Å². The van der Waals surface area contributed by atoms with Crippen molar-refractivity contribution in [2.45, 2.75) is 25.8 Å². The zero-order valence-corrected chi connectivity index (χ0v) is 11.5. The normalized spacial score (nSPS) is 14.6. The van der Waals surface area contributed by atoms with Gasteiger partial charge in [-0.3, -0.25) is 4.79 Å². The van der Waals surface area contributed by atoms with Crippen LogP contribution in [0.4, 0.5) is 5.69 Å². The number of rotatable bonds is 4. The van der Waals surface area contributed by atoms with Crippen molar-refractivity contribution in [2.75, 3.05) is 4.90 Å². The molecule has 1 fully saturated rings. The first-order chi connectivity index (χ1) is 9.84. The quantitative estimate of drug-likeness (QED) is 0.817. The highest BCUT2D eigenvalue weighted by Crippen LogP contribution is 2.30. The minimum Gasteiger partial charge on any atom is -0.308 e. The van der Waals surface area contributed by atoms with Crippen molar-refractivity contribution in [1.82, 2.24) is 0 Å². The van der Waals surface area contributed by atoms with Gasteiger partial charge in [0.25, 0.3) is 0 Å². The van der Waals surface area contributed by atoms with E-state index in [0.717, 1.165) is 18.5 Å². The standard InChI is InChI=1S/C18H19NO/c20-18(16-10-7-11-16)19(17-12-5-2-6-13-17)14-15-8-3-1-4-9-15/h1-6,8-9,12-13,16H,7,10-11,14H2. The van der Waals surface area contributed by atoms with Gasteiger partial charge in [0.1, 0.15) is 0 Å². The molecule has 2 aromatic carbocycles. The van der Waals surface area contributed by atoms with Crippen molar-refractivity contribution in [3.8, 4) is 0 Å². The number of para-hydroxylation sites is 1. The number of anilines is 1. The lowest BCUT2D eigenvalue weighted by Gasteiger charge is -2.32. The van der Waals surface area contributed by atoms with Crippen LogP contribution in [0.3, 0.4) is 0 Å². The lowest BCUT2D eigenvalue weighted by Crippen LogP contribution is -2.38. The van der Waals surface area contributed by atoms with Gasteiger partial charge in [0.2, 0.25) is 5.91 Å². The zero-order chi connectivity index (χ0) is 13.8. The predicted molar refractivity (Wildman–Crippen MR) is 81.4 cm³/mol. The first-order valence-corrected chi connectivity index (χ1v) is 7.25. The molecule has 1 aliphatic carbocycles. The van der Waals surface area contributed by atoms with Crippen LogP contribution in [0, 0.1) is 5.92 Å². The molecule has 1 aliphatic rings. The summed E-state index contributed by atoms with van der Waals surface area (Å²) in [5.41, 5.74) is 2.16. The zero-order valence-electron chi connectivity index (χ0n) is 11.5. The van der Waals surface area contributed by atoms with Crippen LogP contribution in [0.2, 0.25) is 0 Å². The Morgan fingerprint density at radius 3 is 2.10 bits per heavy atom. The molecule has 102 valence electrons. The molecule has 0 spiro atoms. The summed E-state index contributed by atoms with van der Waals surface area (Å²) < 4.78 is 0. The van der Waals surface area contributed by atoms with E-state index < -0.39 is 0 Å². The second-order valence-electron chi connectivity index (χ2n) is 5.37. The summed E-state index contributed by atoms with van der Waals surface area (Å²) in [5.74, 6) is 0.491. The molecule has 1 saturated carbocycles. The van der Waals surface area contributed by atoms with E-state index in [-0.39, 0.29) is 11.8 Å². The van der Waals surface area contributed by atoms with Gasteiger partial charge < -0.3 is 4.90 Å². The van der Waals surface area contributed by atoms with Crippen LogP contribution in [0.1, 0.15) is 24.8 Å². The Balaban J connectivity index is 1.85. The molecule has 0 radical (unpaired) electrons. The highest BCUT2D eigenvalue weighted by atomic mass is 16.2. The molecule has 0 aromatic heterocycles. The molecular weight excluding hydrogens is 246 g/mol. The molecular formula is C18H19NO. The largest absolute Gasteiger partial charge is 0.308 e. The molecule has 1 amide bonds. The molecule has 0 saturated heterocycles.